The van der Waals surface area contributed by atoms with E-state index in [1.54, 1.807) is 7.05 Å². The van der Waals surface area contributed by atoms with Crippen LogP contribution < -0.4 is 5.32 Å². The topological polar surface area (TPSA) is 29.1 Å². The first-order valence-electron chi connectivity index (χ1n) is 5.01. The molecule has 1 amide bonds. The predicted octanol–water partition coefficient (Wildman–Crippen LogP) is 2.56. The Kier molecular flexibility index (Phi) is 3.69. The van der Waals surface area contributed by atoms with Gasteiger partial charge in [0.2, 0.25) is 0 Å². The molecule has 0 heterocycles. The SMILES string of the molecule is CCC(C)c1cccc(C(=O)NC)c1. The number of nitrogens with one attached hydrogen (secondary N) is 1. The van der Waals surface area contributed by atoms with Crippen LogP contribution in [0.4, 0.5) is 0 Å². The highest BCUT2D eigenvalue weighted by Crippen LogP contribution is 2.19. The van der Waals surface area contributed by atoms with E-state index < -0.39 is 0 Å². The number of rotatable bonds is 3. The highest BCUT2D eigenvalue weighted by Gasteiger charge is 2.06. The van der Waals surface area contributed by atoms with Crippen LogP contribution in [-0.2, 0) is 0 Å². The van der Waals surface area contributed by atoms with Gasteiger partial charge in [-0.25, -0.2) is 0 Å². The highest BCUT2D eigenvalue weighted by molar-refractivity contribution is 5.94. The molecular formula is C12H17NO. The lowest BCUT2D eigenvalue weighted by molar-refractivity contribution is 0.0963. The van der Waals surface area contributed by atoms with Gasteiger partial charge in [0.05, 0.1) is 0 Å². The summed E-state index contributed by atoms with van der Waals surface area (Å²) in [7, 11) is 1.65. The minimum atomic E-state index is -0.0184. The van der Waals surface area contributed by atoms with E-state index in [1.165, 1.54) is 5.56 Å². The quantitative estimate of drug-likeness (QED) is 0.781. The summed E-state index contributed by atoms with van der Waals surface area (Å²) in [5.74, 6) is 0.495. The Balaban J connectivity index is 2.95. The largest absolute Gasteiger partial charge is 0.355 e. The molecule has 2 heteroatoms. The van der Waals surface area contributed by atoms with Crippen molar-refractivity contribution in [2.75, 3.05) is 7.05 Å². The Hall–Kier alpha value is -1.31. The van der Waals surface area contributed by atoms with E-state index in [1.807, 2.05) is 18.2 Å². The summed E-state index contributed by atoms with van der Waals surface area (Å²) >= 11 is 0. The van der Waals surface area contributed by atoms with Gasteiger partial charge in [0, 0.05) is 12.6 Å². The third-order valence-electron chi connectivity index (χ3n) is 2.56. The molecule has 1 unspecified atom stereocenters. The molecule has 1 atom stereocenters. The van der Waals surface area contributed by atoms with Gasteiger partial charge < -0.3 is 5.32 Å². The standard InChI is InChI=1S/C12H17NO/c1-4-9(2)10-6-5-7-11(8-10)12(14)13-3/h5-9H,4H2,1-3H3,(H,13,14). The minimum Gasteiger partial charge on any atom is -0.355 e. The lowest BCUT2D eigenvalue weighted by Crippen LogP contribution is -2.17. The number of amides is 1. The Labute approximate surface area is 85.3 Å². The number of carbonyl (C=O) groups is 1. The Morgan fingerprint density at radius 1 is 1.50 bits per heavy atom. The first-order chi connectivity index (χ1) is 6.69. The fraction of sp³-hybridized carbons (Fsp3) is 0.417. The van der Waals surface area contributed by atoms with Crippen molar-refractivity contribution in [2.24, 2.45) is 0 Å². The van der Waals surface area contributed by atoms with Crippen molar-refractivity contribution < 1.29 is 4.79 Å². The average Bonchev–Trinajstić information content (AvgIpc) is 2.27. The van der Waals surface area contributed by atoms with Gasteiger partial charge in [-0.05, 0) is 30.0 Å². The third kappa shape index (κ3) is 2.34. The molecule has 0 saturated heterocycles. The third-order valence-corrected chi connectivity index (χ3v) is 2.56. The van der Waals surface area contributed by atoms with E-state index in [9.17, 15) is 4.79 Å². The van der Waals surface area contributed by atoms with Crippen molar-refractivity contribution in [1.82, 2.24) is 5.32 Å². The molecule has 1 N–H and O–H groups in total. The number of hydrogen-bond acceptors (Lipinski definition) is 1. The van der Waals surface area contributed by atoms with Crippen molar-refractivity contribution in [1.29, 1.82) is 0 Å². The number of benzene rings is 1. The van der Waals surface area contributed by atoms with Crippen LogP contribution in [0.15, 0.2) is 24.3 Å². The van der Waals surface area contributed by atoms with Gasteiger partial charge in [-0.15, -0.1) is 0 Å². The van der Waals surface area contributed by atoms with Crippen LogP contribution in [0.3, 0.4) is 0 Å². The summed E-state index contributed by atoms with van der Waals surface area (Å²) in [6.45, 7) is 4.32. The smallest absolute Gasteiger partial charge is 0.251 e. The Bertz CT molecular complexity index is 320. The maximum atomic E-state index is 11.4. The van der Waals surface area contributed by atoms with E-state index in [0.29, 0.717) is 5.92 Å². The van der Waals surface area contributed by atoms with Crippen LogP contribution in [0, 0.1) is 0 Å². The van der Waals surface area contributed by atoms with Crippen molar-refractivity contribution in [3.8, 4) is 0 Å². The average molecular weight is 191 g/mol. The zero-order valence-electron chi connectivity index (χ0n) is 9.00. The molecule has 0 fully saturated rings. The molecule has 0 bridgehead atoms. The van der Waals surface area contributed by atoms with Crippen LogP contribution in [0.2, 0.25) is 0 Å². The number of carbonyl (C=O) groups excluding carboxylic acids is 1. The maximum absolute atomic E-state index is 11.4. The second-order valence-corrected chi connectivity index (χ2v) is 3.51. The van der Waals surface area contributed by atoms with E-state index in [2.05, 4.69) is 25.2 Å². The molecule has 0 spiro atoms. The predicted molar refractivity (Wildman–Crippen MR) is 58.5 cm³/mol. The summed E-state index contributed by atoms with van der Waals surface area (Å²) < 4.78 is 0. The van der Waals surface area contributed by atoms with Gasteiger partial charge in [0.15, 0.2) is 0 Å². The van der Waals surface area contributed by atoms with Gasteiger partial charge in [-0.1, -0.05) is 26.0 Å². The molecule has 0 aliphatic heterocycles. The molecule has 14 heavy (non-hydrogen) atoms. The zero-order valence-corrected chi connectivity index (χ0v) is 9.00. The normalized spacial score (nSPS) is 12.2. The van der Waals surface area contributed by atoms with Crippen LogP contribution in [0.5, 0.6) is 0 Å². The minimum absolute atomic E-state index is 0.0184. The molecule has 0 radical (unpaired) electrons. The lowest BCUT2D eigenvalue weighted by atomic mass is 9.97. The molecular weight excluding hydrogens is 174 g/mol. The highest BCUT2D eigenvalue weighted by atomic mass is 16.1. The molecule has 1 aromatic rings. The van der Waals surface area contributed by atoms with Crippen molar-refractivity contribution in [2.45, 2.75) is 26.2 Å². The summed E-state index contributed by atoms with van der Waals surface area (Å²) in [5.41, 5.74) is 1.97. The van der Waals surface area contributed by atoms with E-state index in [-0.39, 0.29) is 5.91 Å². The zero-order chi connectivity index (χ0) is 10.6. The molecule has 1 aromatic carbocycles. The Morgan fingerprint density at radius 2 is 2.21 bits per heavy atom. The fourth-order valence-electron chi connectivity index (χ4n) is 1.37. The van der Waals surface area contributed by atoms with E-state index in [0.717, 1.165) is 12.0 Å². The molecule has 0 aromatic heterocycles. The molecule has 2 nitrogen and oxygen atoms in total. The first-order valence-corrected chi connectivity index (χ1v) is 5.01. The molecule has 1 rings (SSSR count). The number of hydrogen-bond donors (Lipinski definition) is 1. The molecule has 76 valence electrons. The Morgan fingerprint density at radius 3 is 2.79 bits per heavy atom. The van der Waals surface area contributed by atoms with Gasteiger partial charge in [-0.2, -0.15) is 0 Å². The molecule has 0 aliphatic rings. The van der Waals surface area contributed by atoms with Crippen LogP contribution in [0.1, 0.15) is 42.1 Å². The molecule has 0 aliphatic carbocycles. The first kappa shape index (κ1) is 10.8. The van der Waals surface area contributed by atoms with Crippen LogP contribution in [0.25, 0.3) is 0 Å². The molecule has 0 saturated carbocycles. The van der Waals surface area contributed by atoms with Crippen molar-refractivity contribution in [3.05, 3.63) is 35.4 Å². The van der Waals surface area contributed by atoms with Crippen LogP contribution >= 0.6 is 0 Å². The summed E-state index contributed by atoms with van der Waals surface area (Å²) in [6, 6.07) is 7.81. The van der Waals surface area contributed by atoms with Gasteiger partial charge in [0.25, 0.3) is 5.91 Å². The van der Waals surface area contributed by atoms with Gasteiger partial charge in [0.1, 0.15) is 0 Å². The lowest BCUT2D eigenvalue weighted by Gasteiger charge is -2.09. The van der Waals surface area contributed by atoms with Crippen LogP contribution in [-0.4, -0.2) is 13.0 Å². The van der Waals surface area contributed by atoms with Gasteiger partial charge in [-0.3, -0.25) is 4.79 Å². The fourth-order valence-corrected chi connectivity index (χ4v) is 1.37. The second kappa shape index (κ2) is 4.80. The summed E-state index contributed by atoms with van der Waals surface area (Å²) in [4.78, 5) is 11.4. The maximum Gasteiger partial charge on any atom is 0.251 e. The summed E-state index contributed by atoms with van der Waals surface area (Å²) in [5, 5.41) is 2.63. The second-order valence-electron chi connectivity index (χ2n) is 3.51. The van der Waals surface area contributed by atoms with Gasteiger partial charge >= 0.3 is 0 Å². The monoisotopic (exact) mass is 191 g/mol. The van der Waals surface area contributed by atoms with E-state index in [4.69, 9.17) is 0 Å². The van der Waals surface area contributed by atoms with Crippen molar-refractivity contribution >= 4 is 5.91 Å². The van der Waals surface area contributed by atoms with Crippen molar-refractivity contribution in [3.63, 3.8) is 0 Å². The summed E-state index contributed by atoms with van der Waals surface area (Å²) in [6.07, 6.45) is 1.09. The van der Waals surface area contributed by atoms with E-state index >= 15 is 0 Å².